The van der Waals surface area contributed by atoms with E-state index >= 15 is 0 Å². The Labute approximate surface area is 94.8 Å². The number of benzene rings is 1. The van der Waals surface area contributed by atoms with E-state index in [1.807, 2.05) is 31.2 Å². The van der Waals surface area contributed by atoms with Gasteiger partial charge in [0.05, 0.1) is 13.5 Å². The van der Waals surface area contributed by atoms with Crippen LogP contribution in [0.4, 0.5) is 5.69 Å². The molecule has 0 aliphatic heterocycles. The van der Waals surface area contributed by atoms with Crippen molar-refractivity contribution in [3.05, 3.63) is 29.8 Å². The van der Waals surface area contributed by atoms with Gasteiger partial charge in [0.15, 0.2) is 0 Å². The number of hydrogen-bond donors (Lipinski definition) is 0. The zero-order valence-corrected chi connectivity index (χ0v) is 9.47. The van der Waals surface area contributed by atoms with Crippen molar-refractivity contribution in [1.29, 1.82) is 0 Å². The first kappa shape index (κ1) is 12.2. The lowest BCUT2D eigenvalue weighted by Crippen LogP contribution is -2.20. The van der Waals surface area contributed by atoms with Crippen LogP contribution in [-0.4, -0.2) is 26.0 Å². The predicted molar refractivity (Wildman–Crippen MR) is 61.2 cm³/mol. The maximum absolute atomic E-state index is 11.1. The van der Waals surface area contributed by atoms with Gasteiger partial charge in [-0.3, -0.25) is 9.59 Å². The highest BCUT2D eigenvalue weighted by Gasteiger charge is 2.06. The summed E-state index contributed by atoms with van der Waals surface area (Å²) in [6.45, 7) is 2.49. The molecule has 1 amide bonds. The highest BCUT2D eigenvalue weighted by Crippen LogP contribution is 2.15. The Balaban J connectivity index is 2.85. The van der Waals surface area contributed by atoms with Gasteiger partial charge >= 0.3 is 5.97 Å². The lowest BCUT2D eigenvalue weighted by atomic mass is 10.1. The van der Waals surface area contributed by atoms with Gasteiger partial charge in [0.2, 0.25) is 6.41 Å². The molecule has 1 aromatic rings. The minimum atomic E-state index is -0.286. The molecule has 0 aromatic heterocycles. The van der Waals surface area contributed by atoms with Crippen molar-refractivity contribution in [2.45, 2.75) is 13.3 Å². The standard InChI is InChI=1S/C12H15NO3/c1-3-13(9-14)11-6-4-5-10(7-11)8-12(15)16-2/h4-7,9H,3,8H2,1-2H3. The van der Waals surface area contributed by atoms with Crippen molar-refractivity contribution in [3.63, 3.8) is 0 Å². The molecule has 0 saturated heterocycles. The minimum absolute atomic E-state index is 0.223. The highest BCUT2D eigenvalue weighted by molar-refractivity contribution is 5.77. The van der Waals surface area contributed by atoms with E-state index in [1.165, 1.54) is 7.11 Å². The molecule has 0 unspecified atom stereocenters. The zero-order chi connectivity index (χ0) is 12.0. The van der Waals surface area contributed by atoms with Gasteiger partial charge in [-0.1, -0.05) is 12.1 Å². The summed E-state index contributed by atoms with van der Waals surface area (Å²) in [4.78, 5) is 23.4. The van der Waals surface area contributed by atoms with Crippen LogP contribution in [0.1, 0.15) is 12.5 Å². The fourth-order valence-electron chi connectivity index (χ4n) is 1.40. The third-order valence-corrected chi connectivity index (χ3v) is 2.29. The van der Waals surface area contributed by atoms with Gasteiger partial charge in [0.25, 0.3) is 0 Å². The normalized spacial score (nSPS) is 9.62. The zero-order valence-electron chi connectivity index (χ0n) is 9.47. The van der Waals surface area contributed by atoms with Gasteiger partial charge in [-0.15, -0.1) is 0 Å². The molecule has 0 bridgehead atoms. The van der Waals surface area contributed by atoms with Crippen LogP contribution in [0.25, 0.3) is 0 Å². The molecule has 0 fully saturated rings. The van der Waals surface area contributed by atoms with Crippen LogP contribution < -0.4 is 4.90 Å². The summed E-state index contributed by atoms with van der Waals surface area (Å²) in [5.41, 5.74) is 1.63. The van der Waals surface area contributed by atoms with Crippen molar-refractivity contribution in [3.8, 4) is 0 Å². The molecular weight excluding hydrogens is 206 g/mol. The van der Waals surface area contributed by atoms with E-state index in [0.717, 1.165) is 17.7 Å². The molecule has 0 heterocycles. The van der Waals surface area contributed by atoms with Gasteiger partial charge in [-0.2, -0.15) is 0 Å². The number of rotatable bonds is 5. The topological polar surface area (TPSA) is 46.6 Å². The molecule has 0 aliphatic carbocycles. The number of amides is 1. The van der Waals surface area contributed by atoms with Crippen LogP contribution in [0.15, 0.2) is 24.3 Å². The second-order valence-electron chi connectivity index (χ2n) is 3.31. The summed E-state index contributed by atoms with van der Waals surface area (Å²) >= 11 is 0. The van der Waals surface area contributed by atoms with Crippen LogP contribution in [-0.2, 0) is 20.7 Å². The van der Waals surface area contributed by atoms with Gasteiger partial charge in [-0.05, 0) is 24.6 Å². The molecule has 4 nitrogen and oxygen atoms in total. The maximum Gasteiger partial charge on any atom is 0.309 e. The molecule has 0 atom stereocenters. The third-order valence-electron chi connectivity index (χ3n) is 2.29. The first-order valence-corrected chi connectivity index (χ1v) is 5.09. The molecular formula is C12H15NO3. The Bertz CT molecular complexity index is 376. The third kappa shape index (κ3) is 3.08. The first-order chi connectivity index (χ1) is 7.71. The van der Waals surface area contributed by atoms with E-state index in [0.29, 0.717) is 6.54 Å². The molecule has 0 radical (unpaired) electrons. The summed E-state index contributed by atoms with van der Waals surface area (Å²) in [6.07, 6.45) is 0.998. The Hall–Kier alpha value is -1.84. The number of carbonyl (C=O) groups excluding carboxylic acids is 2. The molecule has 0 N–H and O–H groups in total. The summed E-state index contributed by atoms with van der Waals surface area (Å²) in [6, 6.07) is 7.30. The number of anilines is 1. The number of esters is 1. The van der Waals surface area contributed by atoms with Crippen molar-refractivity contribution in [2.24, 2.45) is 0 Å². The van der Waals surface area contributed by atoms with Crippen LogP contribution in [0.3, 0.4) is 0 Å². The Morgan fingerprint density at radius 2 is 2.25 bits per heavy atom. The highest BCUT2D eigenvalue weighted by atomic mass is 16.5. The van der Waals surface area contributed by atoms with Crippen molar-refractivity contribution in [2.75, 3.05) is 18.6 Å². The number of carbonyl (C=O) groups is 2. The SMILES string of the molecule is CCN(C=O)c1cccc(CC(=O)OC)c1. The smallest absolute Gasteiger partial charge is 0.309 e. The van der Waals surface area contributed by atoms with E-state index in [2.05, 4.69) is 4.74 Å². The Morgan fingerprint density at radius 3 is 2.81 bits per heavy atom. The molecule has 16 heavy (non-hydrogen) atoms. The summed E-state index contributed by atoms with van der Waals surface area (Å²) < 4.78 is 4.59. The quantitative estimate of drug-likeness (QED) is 0.557. The summed E-state index contributed by atoms with van der Waals surface area (Å²) in [5.74, 6) is -0.286. The van der Waals surface area contributed by atoms with Crippen molar-refractivity contribution in [1.82, 2.24) is 0 Å². The van der Waals surface area contributed by atoms with E-state index in [9.17, 15) is 9.59 Å². The molecule has 0 saturated carbocycles. The summed E-state index contributed by atoms with van der Waals surface area (Å²) in [5, 5.41) is 0. The average Bonchev–Trinajstić information content (AvgIpc) is 2.31. The fourth-order valence-corrected chi connectivity index (χ4v) is 1.40. The maximum atomic E-state index is 11.1. The van der Waals surface area contributed by atoms with Gasteiger partial charge in [0, 0.05) is 12.2 Å². The fraction of sp³-hybridized carbons (Fsp3) is 0.333. The van der Waals surface area contributed by atoms with Crippen molar-refractivity contribution >= 4 is 18.1 Å². The average molecular weight is 221 g/mol. The molecule has 0 spiro atoms. The van der Waals surface area contributed by atoms with E-state index in [4.69, 9.17) is 0 Å². The number of ether oxygens (including phenoxy) is 1. The van der Waals surface area contributed by atoms with E-state index in [1.54, 1.807) is 4.90 Å². The lowest BCUT2D eigenvalue weighted by Gasteiger charge is -2.15. The van der Waals surface area contributed by atoms with Crippen molar-refractivity contribution < 1.29 is 14.3 Å². The number of hydrogen-bond acceptors (Lipinski definition) is 3. The number of methoxy groups -OCH3 is 1. The lowest BCUT2D eigenvalue weighted by molar-refractivity contribution is -0.139. The first-order valence-electron chi connectivity index (χ1n) is 5.09. The van der Waals surface area contributed by atoms with Crippen LogP contribution >= 0.6 is 0 Å². The molecule has 86 valence electrons. The van der Waals surface area contributed by atoms with Gasteiger partial charge in [-0.25, -0.2) is 0 Å². The second kappa shape index (κ2) is 5.90. The minimum Gasteiger partial charge on any atom is -0.469 e. The second-order valence-corrected chi connectivity index (χ2v) is 3.31. The molecule has 0 aliphatic rings. The Morgan fingerprint density at radius 1 is 1.50 bits per heavy atom. The van der Waals surface area contributed by atoms with Gasteiger partial charge < -0.3 is 9.64 Å². The molecule has 4 heteroatoms. The largest absolute Gasteiger partial charge is 0.469 e. The van der Waals surface area contributed by atoms with E-state index < -0.39 is 0 Å². The molecule has 1 rings (SSSR count). The molecule has 1 aromatic carbocycles. The predicted octanol–water partition coefficient (Wildman–Crippen LogP) is 1.38. The van der Waals surface area contributed by atoms with Gasteiger partial charge in [0.1, 0.15) is 0 Å². The summed E-state index contributed by atoms with van der Waals surface area (Å²) in [7, 11) is 1.36. The van der Waals surface area contributed by atoms with Crippen LogP contribution in [0, 0.1) is 0 Å². The monoisotopic (exact) mass is 221 g/mol. The van der Waals surface area contributed by atoms with Crippen LogP contribution in [0.5, 0.6) is 0 Å². The van der Waals surface area contributed by atoms with Crippen LogP contribution in [0.2, 0.25) is 0 Å². The Kier molecular flexibility index (Phi) is 4.51. The number of nitrogens with zero attached hydrogens (tertiary/aromatic N) is 1. The van der Waals surface area contributed by atoms with E-state index in [-0.39, 0.29) is 12.4 Å².